The Hall–Kier alpha value is -5.47. The molecule has 8 N–H and O–H groups in total. The quantitative estimate of drug-likeness (QED) is 0.0243. The first-order valence-corrected chi connectivity index (χ1v) is 26.1. The van der Waals surface area contributed by atoms with Gasteiger partial charge >= 0.3 is 11.9 Å². The number of nitro benzene ring substituents is 1. The largest absolute Gasteiger partial charge is 0.479 e. The summed E-state index contributed by atoms with van der Waals surface area (Å²) in [5, 5.41) is 88.7. The number of nitrogens with one attached hydrogen (secondary N) is 2. The fourth-order valence-electron chi connectivity index (χ4n) is 10.9. The molecule has 2 aliphatic carbocycles. The second-order valence-electron chi connectivity index (χ2n) is 20.5. The monoisotopic (exact) mass is 1050 g/mol. The van der Waals surface area contributed by atoms with Crippen LogP contribution in [-0.2, 0) is 57.4 Å². The van der Waals surface area contributed by atoms with Crippen molar-refractivity contribution in [1.82, 2.24) is 25.3 Å². The van der Waals surface area contributed by atoms with Gasteiger partial charge in [0.05, 0.1) is 46.6 Å². The molecule has 410 valence electrons. The summed E-state index contributed by atoms with van der Waals surface area (Å²) < 4.78 is 39.2. The Morgan fingerprint density at radius 1 is 0.907 bits per heavy atom. The molecule has 0 unspecified atom stereocenters. The number of esters is 1. The molecule has 4 fully saturated rings. The number of fused-ring (bicyclic) bond motifs is 1. The minimum atomic E-state index is -1.70. The number of aromatic amines is 1. The molecule has 2 saturated heterocycles. The maximum atomic E-state index is 14.1. The fourth-order valence-corrected chi connectivity index (χ4v) is 10.9. The summed E-state index contributed by atoms with van der Waals surface area (Å²) in [5.41, 5.74) is 2.61. The second-order valence-corrected chi connectivity index (χ2v) is 20.5. The number of amides is 1. The molecule has 0 radical (unpaired) electrons. The van der Waals surface area contributed by atoms with Gasteiger partial charge in [0.1, 0.15) is 36.6 Å². The van der Waals surface area contributed by atoms with Gasteiger partial charge in [-0.15, -0.1) is 5.10 Å². The summed E-state index contributed by atoms with van der Waals surface area (Å²) in [6, 6.07) is 12.7. The standard InChI is InChI=1S/C52H70N6O17/c1-28-21-33(48(64)53-19-9-16-34-26-57(56-55-34)20-10-15-32-25-54-37-24-35(58(68)69)17-18-36(32)37)23-38(45(28)75-51-44(63)43(62)41(60)29(2)70-51)72-52-47(74-50(67)31-13-7-4-8-14-31)46(42(61)40(27-59)73-52)71-39(49(65)66)22-30-11-5-3-6-12-30/h4,7-8,13-14,17-18,24-26,28-30,33,38-47,51-52,54,59-63H,3,5-6,9-12,15-16,19-23,27H2,1-2H3,(H,53,64)(H,65,66)/t28-,29-,33+,38+,39-,40+,41+,42-,43+,44-,45+,46-,47+,51-,52+/m0/s1. The van der Waals surface area contributed by atoms with Gasteiger partial charge < -0.3 is 69.4 Å². The van der Waals surface area contributed by atoms with Gasteiger partial charge in [0.25, 0.3) is 5.69 Å². The lowest BCUT2D eigenvalue weighted by atomic mass is 9.77. The first-order valence-electron chi connectivity index (χ1n) is 26.1. The molecule has 8 rings (SSSR count). The van der Waals surface area contributed by atoms with Crippen LogP contribution < -0.4 is 5.32 Å². The van der Waals surface area contributed by atoms with E-state index in [9.17, 15) is 55.1 Å². The number of carboxylic acid groups (broad SMARTS) is 1. The van der Waals surface area contributed by atoms with Crippen molar-refractivity contribution in [2.24, 2.45) is 17.8 Å². The van der Waals surface area contributed by atoms with Crippen LogP contribution in [0.15, 0.2) is 60.9 Å². The number of hydrogen-bond acceptors (Lipinski definition) is 18. The highest BCUT2D eigenvalue weighted by Crippen LogP contribution is 2.39. The highest BCUT2D eigenvalue weighted by molar-refractivity contribution is 5.89. The molecule has 23 nitrogen and oxygen atoms in total. The molecule has 4 heterocycles. The SMILES string of the molecule is C[C@@H]1O[C@@H](O[C@@H]2[C@@H](C)C[C@@H](C(=O)NCCCc3cn(CCCc4c[nH]c5cc([N+](=O)[O-])ccc45)nn3)C[C@H]2O[C@@H]2O[C@H](CO)[C@H](O)[C@H](O[C@@H](CC3CCCCC3)C(=O)O)[C@H]2OC(=O)c2ccccc2)[C@@H](O)[C@H](O)[C@@H]1O. The summed E-state index contributed by atoms with van der Waals surface area (Å²) in [7, 11) is 0. The number of ether oxygens (including phenoxy) is 6. The minimum absolute atomic E-state index is 0.0195. The lowest BCUT2D eigenvalue weighted by molar-refractivity contribution is -0.384. The van der Waals surface area contributed by atoms with Crippen LogP contribution in [0.2, 0.25) is 0 Å². The number of aliphatic carboxylic acids is 1. The van der Waals surface area contributed by atoms with Crippen molar-refractivity contribution in [2.45, 2.75) is 177 Å². The van der Waals surface area contributed by atoms with E-state index in [2.05, 4.69) is 20.6 Å². The van der Waals surface area contributed by atoms with Crippen molar-refractivity contribution < 1.29 is 78.4 Å². The summed E-state index contributed by atoms with van der Waals surface area (Å²) in [6.07, 6.45) is -7.73. The Morgan fingerprint density at radius 2 is 1.68 bits per heavy atom. The predicted molar refractivity (Wildman–Crippen MR) is 264 cm³/mol. The van der Waals surface area contributed by atoms with E-state index in [0.29, 0.717) is 31.3 Å². The lowest BCUT2D eigenvalue weighted by Gasteiger charge is -2.48. The Labute approximate surface area is 432 Å². The second kappa shape index (κ2) is 25.6. The third-order valence-corrected chi connectivity index (χ3v) is 15.1. The van der Waals surface area contributed by atoms with E-state index in [1.54, 1.807) is 35.9 Å². The van der Waals surface area contributed by atoms with Crippen LogP contribution in [0.1, 0.15) is 99.7 Å². The summed E-state index contributed by atoms with van der Waals surface area (Å²) in [5.74, 6) is -3.66. The Morgan fingerprint density at radius 3 is 2.41 bits per heavy atom. The number of rotatable bonds is 22. The molecule has 1 amide bonds. The van der Waals surface area contributed by atoms with Crippen molar-refractivity contribution >= 4 is 34.4 Å². The zero-order chi connectivity index (χ0) is 53.3. The van der Waals surface area contributed by atoms with E-state index < -0.39 is 115 Å². The first-order chi connectivity index (χ1) is 36.1. The van der Waals surface area contributed by atoms with Crippen LogP contribution in [-0.4, -0.2) is 166 Å². The molecule has 0 bridgehead atoms. The highest BCUT2D eigenvalue weighted by atomic mass is 16.7. The highest BCUT2D eigenvalue weighted by Gasteiger charge is 2.54. The van der Waals surface area contributed by atoms with Gasteiger partial charge in [-0.25, -0.2) is 9.59 Å². The zero-order valence-electron chi connectivity index (χ0n) is 42.1. The molecule has 2 aliphatic heterocycles. The molecular weight excluding hydrogens is 981 g/mol. The maximum absolute atomic E-state index is 14.1. The number of aliphatic hydroxyl groups excluding tert-OH is 5. The van der Waals surface area contributed by atoms with E-state index in [-0.39, 0.29) is 48.9 Å². The Balaban J connectivity index is 0.959. The molecule has 15 atom stereocenters. The van der Waals surface area contributed by atoms with Crippen LogP contribution in [0.3, 0.4) is 0 Å². The van der Waals surface area contributed by atoms with Crippen molar-refractivity contribution in [3.05, 3.63) is 87.9 Å². The molecule has 23 heteroatoms. The number of carboxylic acids is 1. The van der Waals surface area contributed by atoms with Gasteiger partial charge in [-0.2, -0.15) is 0 Å². The van der Waals surface area contributed by atoms with Crippen LogP contribution >= 0.6 is 0 Å². The topological polar surface area (TPSA) is 330 Å². The summed E-state index contributed by atoms with van der Waals surface area (Å²) in [4.78, 5) is 54.6. The van der Waals surface area contributed by atoms with Gasteiger partial charge in [-0.05, 0) is 87.5 Å². The zero-order valence-corrected chi connectivity index (χ0v) is 42.1. The minimum Gasteiger partial charge on any atom is -0.479 e. The van der Waals surface area contributed by atoms with Gasteiger partial charge in [-0.1, -0.05) is 62.4 Å². The van der Waals surface area contributed by atoms with Gasteiger partial charge in [0.2, 0.25) is 5.91 Å². The third-order valence-electron chi connectivity index (χ3n) is 15.1. The van der Waals surface area contributed by atoms with Gasteiger partial charge in [0.15, 0.2) is 24.8 Å². The number of carbonyl (C=O) groups is 3. The number of aliphatic hydroxyl groups is 5. The van der Waals surface area contributed by atoms with Crippen molar-refractivity contribution in [3.8, 4) is 0 Å². The van der Waals surface area contributed by atoms with Crippen molar-refractivity contribution in [1.29, 1.82) is 0 Å². The number of nitrogens with zero attached hydrogens (tertiary/aromatic N) is 4. The normalized spacial score (nSPS) is 30.9. The van der Waals surface area contributed by atoms with E-state index in [4.69, 9.17) is 28.4 Å². The molecule has 75 heavy (non-hydrogen) atoms. The number of hydrogen-bond donors (Lipinski definition) is 8. The van der Waals surface area contributed by atoms with Crippen LogP contribution in [0.4, 0.5) is 5.69 Å². The molecular formula is C52H70N6O17. The summed E-state index contributed by atoms with van der Waals surface area (Å²) in [6.45, 7) is 3.40. The Bertz CT molecular complexity index is 2520. The van der Waals surface area contributed by atoms with Crippen molar-refractivity contribution in [2.75, 3.05) is 13.2 Å². The predicted octanol–water partition coefficient (Wildman–Crippen LogP) is 3.11. The number of aryl methyl sites for hydroxylation is 3. The molecule has 4 aliphatic rings. The Kier molecular flexibility index (Phi) is 19.0. The van der Waals surface area contributed by atoms with E-state index in [1.807, 2.05) is 12.4 Å². The first kappa shape index (κ1) is 55.8. The average Bonchev–Trinajstić information content (AvgIpc) is 4.04. The number of H-pyrrole nitrogens is 1. The van der Waals surface area contributed by atoms with Gasteiger partial charge in [-0.3, -0.25) is 19.6 Å². The smallest absolute Gasteiger partial charge is 0.338 e. The van der Waals surface area contributed by atoms with Crippen LogP contribution in [0.5, 0.6) is 0 Å². The van der Waals surface area contributed by atoms with Crippen molar-refractivity contribution in [3.63, 3.8) is 0 Å². The lowest BCUT2D eigenvalue weighted by Crippen LogP contribution is -2.64. The number of non-ortho nitro benzene ring substituents is 1. The molecule has 4 aromatic rings. The molecule has 0 spiro atoms. The summed E-state index contributed by atoms with van der Waals surface area (Å²) >= 11 is 0. The van der Waals surface area contributed by atoms with Crippen LogP contribution in [0, 0.1) is 27.9 Å². The maximum Gasteiger partial charge on any atom is 0.338 e. The number of carbonyl (C=O) groups excluding carboxylic acids is 2. The number of benzene rings is 2. The molecule has 2 aromatic carbocycles. The fraction of sp³-hybridized carbons (Fsp3) is 0.635. The van der Waals surface area contributed by atoms with E-state index in [1.165, 1.54) is 31.2 Å². The van der Waals surface area contributed by atoms with E-state index >= 15 is 0 Å². The third kappa shape index (κ3) is 13.7. The number of aromatic nitrogens is 4. The average molecular weight is 1050 g/mol. The number of nitro groups is 1. The molecule has 2 aromatic heterocycles. The van der Waals surface area contributed by atoms with E-state index in [0.717, 1.165) is 55.2 Å². The van der Waals surface area contributed by atoms with Gasteiger partial charge in [0, 0.05) is 48.9 Å². The van der Waals surface area contributed by atoms with Crippen LogP contribution in [0.25, 0.3) is 10.9 Å². The molecule has 2 saturated carbocycles.